The van der Waals surface area contributed by atoms with Crippen LogP contribution in [0.1, 0.15) is 11.1 Å². The first-order valence-corrected chi connectivity index (χ1v) is 9.48. The number of hydrogen-bond donors (Lipinski definition) is 0. The molecule has 1 heterocycles. The van der Waals surface area contributed by atoms with Crippen LogP contribution in [0.5, 0.6) is 0 Å². The molecule has 0 aliphatic carbocycles. The summed E-state index contributed by atoms with van der Waals surface area (Å²) in [5.41, 5.74) is 4.19. The molecule has 0 fully saturated rings. The fourth-order valence-corrected chi connectivity index (χ4v) is 3.58. The molecule has 28 heavy (non-hydrogen) atoms. The van der Waals surface area contributed by atoms with E-state index < -0.39 is 0 Å². The van der Waals surface area contributed by atoms with Crippen LogP contribution in [0.15, 0.2) is 101 Å². The van der Waals surface area contributed by atoms with Gasteiger partial charge in [-0.15, -0.1) is 0 Å². The van der Waals surface area contributed by atoms with Crippen molar-refractivity contribution >= 4 is 27.9 Å². The van der Waals surface area contributed by atoms with E-state index in [2.05, 4.69) is 71.6 Å². The second kappa shape index (κ2) is 7.20. The van der Waals surface area contributed by atoms with Gasteiger partial charge in [0.15, 0.2) is 5.58 Å². The molecule has 3 heteroatoms. The molecule has 0 aliphatic rings. The number of aromatic nitrogens is 1. The predicted octanol–water partition coefficient (Wildman–Crippen LogP) is 6.19. The maximum Gasteiger partial charge on any atom is 0.299 e. The largest absolute Gasteiger partial charge is 0.423 e. The van der Waals surface area contributed by atoms with E-state index in [1.807, 2.05) is 30.3 Å². The summed E-state index contributed by atoms with van der Waals surface area (Å²) in [5.74, 6) is 0. The highest BCUT2D eigenvalue weighted by atomic mass is 16.4. The van der Waals surface area contributed by atoms with E-state index in [1.165, 1.54) is 11.1 Å². The van der Waals surface area contributed by atoms with Gasteiger partial charge < -0.3 is 9.32 Å². The molecule has 0 radical (unpaired) electrons. The SMILES string of the molecule is c1ccc(CN(Cc2ccccc2)c2nc3ccc4ccccc4c3o2)cc1. The minimum absolute atomic E-state index is 0.652. The third-order valence-electron chi connectivity index (χ3n) is 4.97. The van der Waals surface area contributed by atoms with Gasteiger partial charge in [-0.1, -0.05) is 91.0 Å². The summed E-state index contributed by atoms with van der Waals surface area (Å²) in [6, 6.07) is 33.9. The predicted molar refractivity (Wildman–Crippen MR) is 114 cm³/mol. The van der Waals surface area contributed by atoms with Gasteiger partial charge in [0, 0.05) is 18.5 Å². The first-order valence-electron chi connectivity index (χ1n) is 9.48. The highest BCUT2D eigenvalue weighted by molar-refractivity contribution is 6.03. The van der Waals surface area contributed by atoms with Crippen molar-refractivity contribution in [2.75, 3.05) is 4.90 Å². The van der Waals surface area contributed by atoms with Gasteiger partial charge in [-0.25, -0.2) is 0 Å². The minimum Gasteiger partial charge on any atom is -0.423 e. The lowest BCUT2D eigenvalue weighted by atomic mass is 10.1. The summed E-state index contributed by atoms with van der Waals surface area (Å²) in [5, 5.41) is 2.26. The van der Waals surface area contributed by atoms with Gasteiger partial charge in [-0.2, -0.15) is 4.98 Å². The fourth-order valence-electron chi connectivity index (χ4n) is 3.58. The smallest absolute Gasteiger partial charge is 0.299 e. The molecule has 0 N–H and O–H groups in total. The van der Waals surface area contributed by atoms with Crippen LogP contribution in [0, 0.1) is 0 Å². The van der Waals surface area contributed by atoms with Gasteiger partial charge in [0.05, 0.1) is 0 Å². The Kier molecular flexibility index (Phi) is 4.26. The molecule has 4 aromatic carbocycles. The molecule has 0 bridgehead atoms. The highest BCUT2D eigenvalue weighted by Crippen LogP contribution is 2.30. The molecule has 5 rings (SSSR count). The Labute approximate surface area is 163 Å². The van der Waals surface area contributed by atoms with Crippen molar-refractivity contribution in [3.63, 3.8) is 0 Å². The number of oxazole rings is 1. The van der Waals surface area contributed by atoms with E-state index in [1.54, 1.807) is 0 Å². The molecule has 0 atom stereocenters. The fraction of sp³-hybridized carbons (Fsp3) is 0.0800. The first kappa shape index (κ1) is 16.6. The molecular weight excluding hydrogens is 344 g/mol. The maximum absolute atomic E-state index is 6.30. The van der Waals surface area contributed by atoms with Crippen molar-refractivity contribution in [3.05, 3.63) is 108 Å². The molecule has 0 saturated heterocycles. The van der Waals surface area contributed by atoms with Crippen LogP contribution in [0.3, 0.4) is 0 Å². The second-order valence-electron chi connectivity index (χ2n) is 6.96. The number of anilines is 1. The molecule has 0 aliphatic heterocycles. The minimum atomic E-state index is 0.652. The lowest BCUT2D eigenvalue weighted by Crippen LogP contribution is -2.22. The van der Waals surface area contributed by atoms with Crippen molar-refractivity contribution < 1.29 is 4.42 Å². The molecule has 5 aromatic rings. The van der Waals surface area contributed by atoms with Crippen LogP contribution < -0.4 is 4.90 Å². The summed E-state index contributed by atoms with van der Waals surface area (Å²) in [6.07, 6.45) is 0. The second-order valence-corrected chi connectivity index (χ2v) is 6.96. The van der Waals surface area contributed by atoms with Crippen molar-refractivity contribution in [3.8, 4) is 0 Å². The average Bonchev–Trinajstić information content (AvgIpc) is 3.20. The number of rotatable bonds is 5. The highest BCUT2D eigenvalue weighted by Gasteiger charge is 2.16. The Balaban J connectivity index is 1.58. The summed E-state index contributed by atoms with van der Waals surface area (Å²) in [4.78, 5) is 7.01. The number of fused-ring (bicyclic) bond motifs is 3. The molecule has 0 spiro atoms. The summed E-state index contributed by atoms with van der Waals surface area (Å²) < 4.78 is 6.30. The van der Waals surface area contributed by atoms with Gasteiger partial charge in [0.1, 0.15) is 5.52 Å². The summed E-state index contributed by atoms with van der Waals surface area (Å²) in [7, 11) is 0. The first-order chi connectivity index (χ1) is 13.9. The van der Waals surface area contributed by atoms with E-state index in [9.17, 15) is 0 Å². The molecule has 0 amide bonds. The zero-order valence-electron chi connectivity index (χ0n) is 15.5. The quantitative estimate of drug-likeness (QED) is 0.372. The van der Waals surface area contributed by atoms with Crippen LogP contribution in [0.25, 0.3) is 21.9 Å². The Hall–Kier alpha value is -3.59. The van der Waals surface area contributed by atoms with Gasteiger partial charge in [0.25, 0.3) is 6.01 Å². The Morgan fingerprint density at radius 2 is 1.25 bits per heavy atom. The van der Waals surface area contributed by atoms with Crippen LogP contribution in [0.2, 0.25) is 0 Å². The number of hydrogen-bond acceptors (Lipinski definition) is 3. The standard InChI is InChI=1S/C25H20N2O/c1-3-9-19(10-4-1)17-27(18-20-11-5-2-6-12-20)25-26-23-16-15-21-13-7-8-14-22(21)24(23)28-25/h1-16H,17-18H2. The lowest BCUT2D eigenvalue weighted by Gasteiger charge is -2.21. The molecule has 0 unspecified atom stereocenters. The third-order valence-corrected chi connectivity index (χ3v) is 4.97. The summed E-state index contributed by atoms with van der Waals surface area (Å²) in [6.45, 7) is 1.47. The molecule has 1 aromatic heterocycles. The van der Waals surface area contributed by atoms with Gasteiger partial charge in [-0.05, 0) is 22.6 Å². The van der Waals surface area contributed by atoms with Crippen LogP contribution in [-0.4, -0.2) is 4.98 Å². The normalized spacial score (nSPS) is 11.1. The molecule has 3 nitrogen and oxygen atoms in total. The van der Waals surface area contributed by atoms with Crippen molar-refractivity contribution in [1.29, 1.82) is 0 Å². The Bertz CT molecular complexity index is 1170. The average molecular weight is 364 g/mol. The molecule has 0 saturated carbocycles. The van der Waals surface area contributed by atoms with E-state index in [4.69, 9.17) is 9.40 Å². The van der Waals surface area contributed by atoms with Crippen molar-refractivity contribution in [1.82, 2.24) is 4.98 Å². The van der Waals surface area contributed by atoms with E-state index in [0.717, 1.165) is 35.0 Å². The zero-order valence-corrected chi connectivity index (χ0v) is 15.5. The van der Waals surface area contributed by atoms with E-state index in [0.29, 0.717) is 6.01 Å². The third kappa shape index (κ3) is 3.23. The van der Waals surface area contributed by atoms with E-state index >= 15 is 0 Å². The maximum atomic E-state index is 6.30. The summed E-state index contributed by atoms with van der Waals surface area (Å²) >= 11 is 0. The lowest BCUT2D eigenvalue weighted by molar-refractivity contribution is 0.565. The Morgan fingerprint density at radius 3 is 1.93 bits per heavy atom. The van der Waals surface area contributed by atoms with Crippen LogP contribution >= 0.6 is 0 Å². The van der Waals surface area contributed by atoms with Crippen LogP contribution in [-0.2, 0) is 13.1 Å². The van der Waals surface area contributed by atoms with Crippen molar-refractivity contribution in [2.45, 2.75) is 13.1 Å². The molecule has 136 valence electrons. The number of benzene rings is 4. The Morgan fingerprint density at radius 1 is 0.643 bits per heavy atom. The van der Waals surface area contributed by atoms with Gasteiger partial charge >= 0.3 is 0 Å². The zero-order chi connectivity index (χ0) is 18.8. The monoisotopic (exact) mass is 364 g/mol. The van der Waals surface area contributed by atoms with E-state index in [-0.39, 0.29) is 0 Å². The van der Waals surface area contributed by atoms with Gasteiger partial charge in [-0.3, -0.25) is 0 Å². The van der Waals surface area contributed by atoms with Crippen molar-refractivity contribution in [2.24, 2.45) is 0 Å². The number of nitrogens with zero attached hydrogens (tertiary/aromatic N) is 2. The van der Waals surface area contributed by atoms with Gasteiger partial charge in [0.2, 0.25) is 0 Å². The molecular formula is C25H20N2O. The van der Waals surface area contributed by atoms with Crippen LogP contribution in [0.4, 0.5) is 6.01 Å². The topological polar surface area (TPSA) is 29.3 Å².